The van der Waals surface area contributed by atoms with Gasteiger partial charge in [0.1, 0.15) is 0 Å². The van der Waals surface area contributed by atoms with E-state index in [2.05, 4.69) is 4.90 Å². The lowest BCUT2D eigenvalue weighted by atomic mass is 10.3. The lowest BCUT2D eigenvalue weighted by Gasteiger charge is -2.13. The normalized spacial score (nSPS) is 33.0. The smallest absolute Gasteiger partial charge is 0.0679 e. The zero-order chi connectivity index (χ0) is 7.68. The summed E-state index contributed by atoms with van der Waals surface area (Å²) < 4.78 is 0. The van der Waals surface area contributed by atoms with E-state index in [0.29, 0.717) is 0 Å². The standard InChI is InChI=1S/C9H17NO/c11-9-4-6-10(7-9)5-3-8-1-2-8/h8-9,11H,1-7H2/t9-/m0/s1. The molecular formula is C9H17NO. The number of aliphatic hydroxyl groups excluding tert-OH is 1. The molecule has 0 aromatic rings. The van der Waals surface area contributed by atoms with Gasteiger partial charge in [0.2, 0.25) is 0 Å². The van der Waals surface area contributed by atoms with Crippen LogP contribution in [0, 0.1) is 5.92 Å². The third-order valence-electron chi connectivity index (χ3n) is 2.80. The van der Waals surface area contributed by atoms with Crippen molar-refractivity contribution in [1.29, 1.82) is 0 Å². The number of β-amino-alcohol motifs (C(OH)–C–C–N with tert-alkyl or cyclic N) is 1. The van der Waals surface area contributed by atoms with E-state index >= 15 is 0 Å². The molecule has 1 heterocycles. The fourth-order valence-corrected chi connectivity index (χ4v) is 1.79. The molecule has 0 aromatic carbocycles. The second-order valence-corrected chi connectivity index (χ2v) is 3.98. The maximum atomic E-state index is 9.24. The maximum Gasteiger partial charge on any atom is 0.0679 e. The Kier molecular flexibility index (Phi) is 2.14. The third-order valence-corrected chi connectivity index (χ3v) is 2.80. The summed E-state index contributed by atoms with van der Waals surface area (Å²) in [7, 11) is 0. The summed E-state index contributed by atoms with van der Waals surface area (Å²) in [5.41, 5.74) is 0. The van der Waals surface area contributed by atoms with Crippen molar-refractivity contribution in [2.75, 3.05) is 19.6 Å². The molecule has 0 radical (unpaired) electrons. The van der Waals surface area contributed by atoms with Crippen LogP contribution < -0.4 is 0 Å². The molecule has 1 aliphatic carbocycles. The SMILES string of the molecule is O[C@H]1CCN(CCC2CC2)C1. The number of hydrogen-bond acceptors (Lipinski definition) is 2. The average molecular weight is 155 g/mol. The van der Waals surface area contributed by atoms with Crippen molar-refractivity contribution >= 4 is 0 Å². The second kappa shape index (κ2) is 3.11. The maximum absolute atomic E-state index is 9.24. The number of hydrogen-bond donors (Lipinski definition) is 1. The quantitative estimate of drug-likeness (QED) is 0.653. The Labute approximate surface area is 68.2 Å². The lowest BCUT2D eigenvalue weighted by molar-refractivity contribution is 0.175. The van der Waals surface area contributed by atoms with Gasteiger partial charge in [-0.25, -0.2) is 0 Å². The van der Waals surface area contributed by atoms with Crippen LogP contribution in [0.3, 0.4) is 0 Å². The fourth-order valence-electron chi connectivity index (χ4n) is 1.79. The highest BCUT2D eigenvalue weighted by Gasteiger charge is 2.24. The second-order valence-electron chi connectivity index (χ2n) is 3.98. The number of aliphatic hydroxyl groups is 1. The van der Waals surface area contributed by atoms with Gasteiger partial charge in [0.15, 0.2) is 0 Å². The minimum atomic E-state index is -0.0331. The van der Waals surface area contributed by atoms with Crippen molar-refractivity contribution in [3.8, 4) is 0 Å². The molecule has 2 fully saturated rings. The summed E-state index contributed by atoms with van der Waals surface area (Å²) in [6.45, 7) is 3.27. The van der Waals surface area contributed by atoms with Gasteiger partial charge in [0, 0.05) is 13.1 Å². The topological polar surface area (TPSA) is 23.5 Å². The van der Waals surface area contributed by atoms with Gasteiger partial charge >= 0.3 is 0 Å². The number of nitrogens with zero attached hydrogens (tertiary/aromatic N) is 1. The Hall–Kier alpha value is -0.0800. The largest absolute Gasteiger partial charge is 0.392 e. The van der Waals surface area contributed by atoms with Gasteiger partial charge in [-0.15, -0.1) is 0 Å². The van der Waals surface area contributed by atoms with Gasteiger partial charge in [-0.2, -0.15) is 0 Å². The molecule has 2 rings (SSSR count). The van der Waals surface area contributed by atoms with Gasteiger partial charge in [-0.1, -0.05) is 12.8 Å². The van der Waals surface area contributed by atoms with Crippen LogP contribution in [0.25, 0.3) is 0 Å². The van der Waals surface area contributed by atoms with Crippen LogP contribution in [0.15, 0.2) is 0 Å². The molecule has 2 nitrogen and oxygen atoms in total. The Morgan fingerprint density at radius 3 is 2.64 bits per heavy atom. The van der Waals surface area contributed by atoms with Gasteiger partial charge in [0.25, 0.3) is 0 Å². The average Bonchev–Trinajstić information content (AvgIpc) is 2.72. The molecule has 2 aliphatic rings. The molecular weight excluding hydrogens is 138 g/mol. The summed E-state index contributed by atoms with van der Waals surface area (Å²) in [6.07, 6.45) is 5.23. The molecule has 1 atom stereocenters. The summed E-state index contributed by atoms with van der Waals surface area (Å²) in [4.78, 5) is 2.39. The van der Waals surface area contributed by atoms with Gasteiger partial charge in [0.05, 0.1) is 6.10 Å². The summed E-state index contributed by atoms with van der Waals surface area (Å²) in [5.74, 6) is 1.03. The van der Waals surface area contributed by atoms with Crippen LogP contribution in [0.5, 0.6) is 0 Å². The molecule has 64 valence electrons. The highest BCUT2D eigenvalue weighted by atomic mass is 16.3. The van der Waals surface area contributed by atoms with Crippen molar-refractivity contribution in [3.63, 3.8) is 0 Å². The first-order chi connectivity index (χ1) is 5.34. The minimum absolute atomic E-state index is 0.0331. The molecule has 2 heteroatoms. The highest BCUT2D eigenvalue weighted by Crippen LogP contribution is 2.32. The summed E-state index contributed by atoms with van der Waals surface area (Å²) in [6, 6.07) is 0. The Bertz CT molecular complexity index is 134. The van der Waals surface area contributed by atoms with Crippen LogP contribution in [-0.2, 0) is 0 Å². The molecule has 1 saturated heterocycles. The van der Waals surface area contributed by atoms with E-state index in [9.17, 15) is 5.11 Å². The first-order valence-corrected chi connectivity index (χ1v) is 4.75. The van der Waals surface area contributed by atoms with Crippen LogP contribution in [0.2, 0.25) is 0 Å². The molecule has 0 bridgehead atoms. The van der Waals surface area contributed by atoms with Crippen LogP contribution in [0.1, 0.15) is 25.7 Å². The van der Waals surface area contributed by atoms with E-state index in [4.69, 9.17) is 0 Å². The van der Waals surface area contributed by atoms with Gasteiger partial charge in [-0.3, -0.25) is 0 Å². The fraction of sp³-hybridized carbons (Fsp3) is 1.00. The molecule has 1 aliphatic heterocycles. The predicted molar refractivity (Wildman–Crippen MR) is 44.4 cm³/mol. The first kappa shape index (κ1) is 7.56. The van der Waals surface area contributed by atoms with Crippen LogP contribution in [-0.4, -0.2) is 35.7 Å². The van der Waals surface area contributed by atoms with E-state index in [0.717, 1.165) is 25.4 Å². The predicted octanol–water partition coefficient (Wildman–Crippen LogP) is 0.853. The van der Waals surface area contributed by atoms with Crippen molar-refractivity contribution < 1.29 is 5.11 Å². The molecule has 0 aromatic heterocycles. The zero-order valence-corrected chi connectivity index (χ0v) is 7.00. The molecule has 0 spiro atoms. The third kappa shape index (κ3) is 2.17. The lowest BCUT2D eigenvalue weighted by Crippen LogP contribution is -2.23. The van der Waals surface area contributed by atoms with Crippen molar-refractivity contribution in [1.82, 2.24) is 4.90 Å². The zero-order valence-electron chi connectivity index (χ0n) is 7.00. The first-order valence-electron chi connectivity index (χ1n) is 4.75. The van der Waals surface area contributed by atoms with E-state index in [1.165, 1.54) is 25.8 Å². The number of likely N-dealkylation sites (tertiary alicyclic amines) is 1. The molecule has 0 amide bonds. The molecule has 1 N–H and O–H groups in total. The van der Waals surface area contributed by atoms with Crippen molar-refractivity contribution in [2.24, 2.45) is 5.92 Å². The highest BCUT2D eigenvalue weighted by molar-refractivity contribution is 4.78. The van der Waals surface area contributed by atoms with E-state index in [1.54, 1.807) is 0 Å². The van der Waals surface area contributed by atoms with Crippen LogP contribution in [0.4, 0.5) is 0 Å². The van der Waals surface area contributed by atoms with Crippen molar-refractivity contribution in [2.45, 2.75) is 31.8 Å². The number of rotatable bonds is 3. The minimum Gasteiger partial charge on any atom is -0.392 e. The van der Waals surface area contributed by atoms with E-state index in [1.807, 2.05) is 0 Å². The Balaban J connectivity index is 1.62. The van der Waals surface area contributed by atoms with Crippen molar-refractivity contribution in [3.05, 3.63) is 0 Å². The summed E-state index contributed by atoms with van der Waals surface area (Å²) in [5, 5.41) is 9.24. The van der Waals surface area contributed by atoms with E-state index < -0.39 is 0 Å². The van der Waals surface area contributed by atoms with E-state index in [-0.39, 0.29) is 6.10 Å². The summed E-state index contributed by atoms with van der Waals surface area (Å²) >= 11 is 0. The molecule has 0 unspecified atom stereocenters. The van der Waals surface area contributed by atoms with Crippen LogP contribution >= 0.6 is 0 Å². The van der Waals surface area contributed by atoms with Gasteiger partial charge < -0.3 is 10.0 Å². The monoisotopic (exact) mass is 155 g/mol. The van der Waals surface area contributed by atoms with Gasteiger partial charge in [-0.05, 0) is 25.3 Å². The Morgan fingerprint density at radius 1 is 1.27 bits per heavy atom. The molecule has 11 heavy (non-hydrogen) atoms. The Morgan fingerprint density at radius 2 is 2.09 bits per heavy atom. The molecule has 1 saturated carbocycles.